The van der Waals surface area contributed by atoms with E-state index in [1.807, 2.05) is 0 Å². The lowest BCUT2D eigenvalue weighted by molar-refractivity contribution is 0.0226. The predicted octanol–water partition coefficient (Wildman–Crippen LogP) is 1.56. The summed E-state index contributed by atoms with van der Waals surface area (Å²) < 4.78 is 5.68. The highest BCUT2D eigenvalue weighted by atomic mass is 16.5. The summed E-state index contributed by atoms with van der Waals surface area (Å²) in [7, 11) is 2.32. The van der Waals surface area contributed by atoms with Crippen molar-refractivity contribution >= 4 is 0 Å². The van der Waals surface area contributed by atoms with E-state index in [2.05, 4.69) is 29.1 Å². The Bertz CT molecular complexity index is 319. The van der Waals surface area contributed by atoms with Crippen LogP contribution >= 0.6 is 0 Å². The van der Waals surface area contributed by atoms with Gasteiger partial charge >= 0.3 is 0 Å². The normalized spacial score (nSPS) is 36.6. The van der Waals surface area contributed by atoms with Crippen molar-refractivity contribution in [2.45, 2.75) is 57.2 Å². The Kier molecular flexibility index (Phi) is 5.54. The SMILES string of the molecule is CC(CNCC1CCCO1)N1CCC2C(CCCN2C)C1. The van der Waals surface area contributed by atoms with Crippen molar-refractivity contribution in [2.75, 3.05) is 46.4 Å². The van der Waals surface area contributed by atoms with Crippen LogP contribution in [0, 0.1) is 5.92 Å². The molecule has 4 unspecified atom stereocenters. The highest BCUT2D eigenvalue weighted by Gasteiger charge is 2.35. The van der Waals surface area contributed by atoms with Crippen LogP contribution in [-0.4, -0.2) is 74.4 Å². The molecule has 122 valence electrons. The van der Waals surface area contributed by atoms with E-state index in [0.717, 1.165) is 31.7 Å². The minimum absolute atomic E-state index is 0.468. The first-order chi connectivity index (χ1) is 10.2. The molecule has 0 aromatic rings. The molecular formula is C17H33N3O. The van der Waals surface area contributed by atoms with Gasteiger partial charge in [0.1, 0.15) is 0 Å². The van der Waals surface area contributed by atoms with Gasteiger partial charge in [-0.15, -0.1) is 0 Å². The quantitative estimate of drug-likeness (QED) is 0.833. The van der Waals surface area contributed by atoms with Crippen LogP contribution in [0.25, 0.3) is 0 Å². The number of ether oxygens (including phenoxy) is 1. The molecule has 0 amide bonds. The smallest absolute Gasteiger partial charge is 0.0700 e. The van der Waals surface area contributed by atoms with E-state index in [4.69, 9.17) is 4.74 Å². The van der Waals surface area contributed by atoms with Crippen LogP contribution < -0.4 is 5.32 Å². The third-order valence-electron chi connectivity index (χ3n) is 5.84. The second-order valence-corrected chi connectivity index (χ2v) is 7.38. The number of hydrogen-bond donors (Lipinski definition) is 1. The molecule has 3 fully saturated rings. The van der Waals surface area contributed by atoms with Gasteiger partial charge in [0, 0.05) is 38.3 Å². The molecule has 3 aliphatic rings. The fourth-order valence-corrected chi connectivity index (χ4v) is 4.47. The Morgan fingerprint density at radius 3 is 2.90 bits per heavy atom. The van der Waals surface area contributed by atoms with E-state index in [-0.39, 0.29) is 0 Å². The van der Waals surface area contributed by atoms with Crippen molar-refractivity contribution in [3.8, 4) is 0 Å². The number of fused-ring (bicyclic) bond motifs is 1. The van der Waals surface area contributed by atoms with Crippen LogP contribution in [-0.2, 0) is 4.74 Å². The molecule has 0 bridgehead atoms. The molecule has 3 aliphatic heterocycles. The highest BCUT2D eigenvalue weighted by Crippen LogP contribution is 2.30. The molecule has 3 rings (SSSR count). The van der Waals surface area contributed by atoms with Gasteiger partial charge in [-0.05, 0) is 65.1 Å². The first kappa shape index (κ1) is 15.7. The van der Waals surface area contributed by atoms with Crippen LogP contribution in [0.4, 0.5) is 0 Å². The second-order valence-electron chi connectivity index (χ2n) is 7.38. The minimum Gasteiger partial charge on any atom is -0.377 e. The molecule has 0 aromatic carbocycles. The van der Waals surface area contributed by atoms with Gasteiger partial charge in [0.25, 0.3) is 0 Å². The lowest BCUT2D eigenvalue weighted by Gasteiger charge is -2.47. The van der Waals surface area contributed by atoms with E-state index in [9.17, 15) is 0 Å². The third kappa shape index (κ3) is 3.98. The van der Waals surface area contributed by atoms with Gasteiger partial charge in [-0.3, -0.25) is 4.90 Å². The minimum atomic E-state index is 0.468. The van der Waals surface area contributed by atoms with E-state index in [0.29, 0.717) is 12.1 Å². The van der Waals surface area contributed by atoms with Crippen molar-refractivity contribution in [3.05, 3.63) is 0 Å². The van der Waals surface area contributed by atoms with E-state index < -0.39 is 0 Å². The molecule has 0 aliphatic carbocycles. The van der Waals surface area contributed by atoms with Gasteiger partial charge in [0.2, 0.25) is 0 Å². The molecule has 3 heterocycles. The third-order valence-corrected chi connectivity index (χ3v) is 5.84. The zero-order chi connectivity index (χ0) is 14.7. The monoisotopic (exact) mass is 295 g/mol. The summed E-state index contributed by atoms with van der Waals surface area (Å²) in [6, 6.07) is 1.50. The average Bonchev–Trinajstić information content (AvgIpc) is 3.00. The maximum absolute atomic E-state index is 5.68. The molecule has 0 aromatic heterocycles. The number of nitrogens with zero attached hydrogens (tertiary/aromatic N) is 2. The number of piperidine rings is 2. The number of likely N-dealkylation sites (tertiary alicyclic amines) is 2. The lowest BCUT2D eigenvalue weighted by atomic mass is 9.84. The Labute approximate surface area is 130 Å². The van der Waals surface area contributed by atoms with Gasteiger partial charge in [0.05, 0.1) is 6.10 Å². The van der Waals surface area contributed by atoms with Crippen molar-refractivity contribution in [3.63, 3.8) is 0 Å². The Balaban J connectivity index is 1.39. The van der Waals surface area contributed by atoms with Crippen molar-refractivity contribution in [1.29, 1.82) is 0 Å². The lowest BCUT2D eigenvalue weighted by Crippen LogP contribution is -2.55. The molecule has 4 nitrogen and oxygen atoms in total. The maximum atomic E-state index is 5.68. The van der Waals surface area contributed by atoms with Crippen LogP contribution in [0.15, 0.2) is 0 Å². The van der Waals surface area contributed by atoms with Crippen molar-refractivity contribution < 1.29 is 4.74 Å². The van der Waals surface area contributed by atoms with Gasteiger partial charge < -0.3 is 15.0 Å². The van der Waals surface area contributed by atoms with E-state index in [1.165, 1.54) is 51.7 Å². The summed E-state index contributed by atoms with van der Waals surface area (Å²) in [5.74, 6) is 0.901. The molecule has 0 spiro atoms. The average molecular weight is 295 g/mol. The zero-order valence-electron chi connectivity index (χ0n) is 13.9. The fraction of sp³-hybridized carbons (Fsp3) is 1.00. The molecule has 4 atom stereocenters. The number of rotatable bonds is 5. The van der Waals surface area contributed by atoms with Crippen molar-refractivity contribution in [1.82, 2.24) is 15.1 Å². The summed E-state index contributed by atoms with van der Waals surface area (Å²) in [6.45, 7) is 9.37. The van der Waals surface area contributed by atoms with Crippen LogP contribution in [0.5, 0.6) is 0 Å². The Morgan fingerprint density at radius 1 is 1.19 bits per heavy atom. The predicted molar refractivity (Wildman–Crippen MR) is 86.6 cm³/mol. The molecule has 0 saturated carbocycles. The summed E-state index contributed by atoms with van der Waals surface area (Å²) in [5, 5.41) is 3.63. The largest absolute Gasteiger partial charge is 0.377 e. The summed E-state index contributed by atoms with van der Waals surface area (Å²) in [4.78, 5) is 5.31. The molecule has 21 heavy (non-hydrogen) atoms. The summed E-state index contributed by atoms with van der Waals surface area (Å²) in [5.41, 5.74) is 0. The topological polar surface area (TPSA) is 27.7 Å². The molecular weight excluding hydrogens is 262 g/mol. The molecule has 3 saturated heterocycles. The Morgan fingerprint density at radius 2 is 2.10 bits per heavy atom. The molecule has 0 radical (unpaired) electrons. The highest BCUT2D eigenvalue weighted by molar-refractivity contribution is 4.90. The first-order valence-corrected chi connectivity index (χ1v) is 9.00. The van der Waals surface area contributed by atoms with Crippen LogP contribution in [0.1, 0.15) is 39.0 Å². The van der Waals surface area contributed by atoms with Crippen LogP contribution in [0.3, 0.4) is 0 Å². The molecule has 4 heteroatoms. The number of hydrogen-bond acceptors (Lipinski definition) is 4. The Hall–Kier alpha value is -0.160. The fourth-order valence-electron chi connectivity index (χ4n) is 4.47. The number of nitrogens with one attached hydrogen (secondary N) is 1. The zero-order valence-corrected chi connectivity index (χ0v) is 13.9. The summed E-state index contributed by atoms with van der Waals surface area (Å²) >= 11 is 0. The van der Waals surface area contributed by atoms with Gasteiger partial charge in [-0.25, -0.2) is 0 Å². The van der Waals surface area contributed by atoms with Gasteiger partial charge in [-0.1, -0.05) is 0 Å². The van der Waals surface area contributed by atoms with Crippen molar-refractivity contribution in [2.24, 2.45) is 5.92 Å². The molecule has 1 N–H and O–H groups in total. The maximum Gasteiger partial charge on any atom is 0.0700 e. The summed E-state index contributed by atoms with van der Waals surface area (Å²) in [6.07, 6.45) is 7.12. The standard InChI is InChI=1S/C17H33N3O/c1-14(11-18-12-16-6-4-10-21-16)20-9-7-17-15(13-20)5-3-8-19(17)2/h14-18H,3-13H2,1-2H3. The first-order valence-electron chi connectivity index (χ1n) is 9.00. The van der Waals surface area contributed by atoms with Crippen LogP contribution in [0.2, 0.25) is 0 Å². The van der Waals surface area contributed by atoms with E-state index >= 15 is 0 Å². The second kappa shape index (κ2) is 7.40. The van der Waals surface area contributed by atoms with Gasteiger partial charge in [0.15, 0.2) is 0 Å². The van der Waals surface area contributed by atoms with E-state index in [1.54, 1.807) is 0 Å². The van der Waals surface area contributed by atoms with Gasteiger partial charge in [-0.2, -0.15) is 0 Å².